The van der Waals surface area contributed by atoms with Gasteiger partial charge in [-0.1, -0.05) is 0 Å². The van der Waals surface area contributed by atoms with Crippen LogP contribution in [0.4, 0.5) is 34.9 Å². The number of nitrogens with zero attached hydrogens (tertiary/aromatic N) is 7. The fraction of sp³-hybridized carbons (Fsp3) is 0.174. The first kappa shape index (κ1) is 24.7. The summed E-state index contributed by atoms with van der Waals surface area (Å²) in [5, 5.41) is 15.0. The van der Waals surface area contributed by atoms with E-state index in [1.54, 1.807) is 28.8 Å². The van der Waals surface area contributed by atoms with Crippen LogP contribution >= 0.6 is 0 Å². The largest absolute Gasteiger partial charge is 0.494 e. The predicted molar refractivity (Wildman–Crippen MR) is 129 cm³/mol. The molecule has 0 radical (unpaired) electrons. The highest BCUT2D eigenvalue weighted by Crippen LogP contribution is 2.34. The van der Waals surface area contributed by atoms with Gasteiger partial charge in [0.25, 0.3) is 6.43 Å². The predicted octanol–water partition coefficient (Wildman–Crippen LogP) is 4.58. The van der Waals surface area contributed by atoms with Crippen LogP contribution in [0, 0.1) is 6.92 Å². The molecule has 1 aromatic carbocycles. The summed E-state index contributed by atoms with van der Waals surface area (Å²) in [7, 11) is 1.49. The summed E-state index contributed by atoms with van der Waals surface area (Å²) in [6.07, 6.45) is -1.50. The van der Waals surface area contributed by atoms with Crippen LogP contribution in [0.15, 0.2) is 48.8 Å². The molecule has 0 amide bonds. The van der Waals surface area contributed by atoms with Gasteiger partial charge in [-0.25, -0.2) is 18.7 Å². The lowest BCUT2D eigenvalue weighted by Gasteiger charge is -2.13. The maximum atomic E-state index is 13.8. The van der Waals surface area contributed by atoms with Crippen LogP contribution in [0.1, 0.15) is 17.7 Å². The number of aryl methyl sites for hydroxylation is 1. The quantitative estimate of drug-likeness (QED) is 0.277. The van der Waals surface area contributed by atoms with Crippen molar-refractivity contribution in [3.05, 3.63) is 60.0 Å². The molecule has 5 aromatic rings. The maximum absolute atomic E-state index is 13.8. The first-order valence-corrected chi connectivity index (χ1v) is 11.0. The molecule has 15 heteroatoms. The van der Waals surface area contributed by atoms with Gasteiger partial charge in [-0.05, 0) is 37.3 Å². The van der Waals surface area contributed by atoms with Gasteiger partial charge in [0.15, 0.2) is 11.6 Å². The Kier molecular flexibility index (Phi) is 6.40. The third-order valence-corrected chi connectivity index (χ3v) is 5.43. The number of pyridine rings is 1. The number of ether oxygens (including phenoxy) is 2. The highest BCUT2D eigenvalue weighted by molar-refractivity contribution is 5.85. The van der Waals surface area contributed by atoms with Gasteiger partial charge in [-0.15, -0.1) is 10.2 Å². The van der Waals surface area contributed by atoms with E-state index in [1.165, 1.54) is 19.5 Å². The average Bonchev–Trinajstić information content (AvgIpc) is 3.46. The summed E-state index contributed by atoms with van der Waals surface area (Å²) in [6.45, 7) is -1.35. The average molecular weight is 529 g/mol. The fourth-order valence-electron chi connectivity index (χ4n) is 3.70. The minimum Gasteiger partial charge on any atom is -0.494 e. The molecule has 0 saturated carbocycles. The van der Waals surface area contributed by atoms with E-state index in [2.05, 4.69) is 35.3 Å². The third kappa shape index (κ3) is 4.72. The summed E-state index contributed by atoms with van der Waals surface area (Å²) in [5.41, 5.74) is 7.73. The van der Waals surface area contributed by atoms with Gasteiger partial charge in [0.1, 0.15) is 23.7 Å². The molecule has 0 saturated heterocycles. The van der Waals surface area contributed by atoms with Gasteiger partial charge < -0.3 is 20.5 Å². The second kappa shape index (κ2) is 9.84. The standard InChI is InChI=1S/C23H19F4N9O2/c1-11-3-5-18(33-32-11)30-14-7-13-15(8-16(14)37-2)35(10-29-13)19-6-4-12(21(24)25)22(31-19)36-17(28)9-20(34-36)38-23(26)27/h3-10,21,23H,28H2,1-2H3,(H,30,33). The molecule has 0 unspecified atom stereocenters. The fourth-order valence-corrected chi connectivity index (χ4v) is 3.70. The zero-order chi connectivity index (χ0) is 27.0. The lowest BCUT2D eigenvalue weighted by atomic mass is 10.2. The van der Waals surface area contributed by atoms with Crippen LogP contribution in [0.5, 0.6) is 11.6 Å². The minimum atomic E-state index is -3.17. The Hall–Kier alpha value is -4.95. The van der Waals surface area contributed by atoms with E-state index in [0.717, 1.165) is 22.5 Å². The van der Waals surface area contributed by atoms with Crippen LogP contribution in [-0.2, 0) is 0 Å². The summed E-state index contributed by atoms with van der Waals surface area (Å²) < 4.78 is 65.0. The lowest BCUT2D eigenvalue weighted by Crippen LogP contribution is -2.11. The monoisotopic (exact) mass is 529 g/mol. The molecule has 4 heterocycles. The Labute approximate surface area is 211 Å². The first-order chi connectivity index (χ1) is 18.2. The van der Waals surface area contributed by atoms with Crippen molar-refractivity contribution >= 4 is 28.4 Å². The van der Waals surface area contributed by atoms with Gasteiger partial charge in [0.05, 0.1) is 35.1 Å². The van der Waals surface area contributed by atoms with Crippen LogP contribution < -0.4 is 20.5 Å². The van der Waals surface area contributed by atoms with Gasteiger partial charge in [0.2, 0.25) is 5.88 Å². The van der Waals surface area contributed by atoms with E-state index in [-0.39, 0.29) is 17.5 Å². The van der Waals surface area contributed by atoms with Crippen LogP contribution in [-0.4, -0.2) is 48.2 Å². The van der Waals surface area contributed by atoms with Gasteiger partial charge in [0, 0.05) is 12.1 Å². The van der Waals surface area contributed by atoms with Gasteiger partial charge >= 0.3 is 6.61 Å². The molecule has 0 aliphatic heterocycles. The molecule has 0 atom stereocenters. The number of nitrogens with one attached hydrogen (secondary N) is 1. The van der Waals surface area contributed by atoms with E-state index in [9.17, 15) is 17.6 Å². The van der Waals surface area contributed by atoms with Crippen molar-refractivity contribution in [2.24, 2.45) is 0 Å². The number of hydrogen-bond acceptors (Lipinski definition) is 9. The van der Waals surface area contributed by atoms with Crippen molar-refractivity contribution in [3.8, 4) is 23.3 Å². The smallest absolute Gasteiger partial charge is 0.388 e. The molecule has 5 rings (SSSR count). The molecular formula is C23H19F4N9O2. The van der Waals surface area contributed by atoms with Crippen LogP contribution in [0.3, 0.4) is 0 Å². The third-order valence-electron chi connectivity index (χ3n) is 5.43. The maximum Gasteiger partial charge on any atom is 0.388 e. The first-order valence-electron chi connectivity index (χ1n) is 11.0. The molecule has 11 nitrogen and oxygen atoms in total. The van der Waals surface area contributed by atoms with E-state index >= 15 is 0 Å². The van der Waals surface area contributed by atoms with Crippen molar-refractivity contribution in [2.45, 2.75) is 20.0 Å². The highest BCUT2D eigenvalue weighted by atomic mass is 19.3. The molecule has 0 bridgehead atoms. The SMILES string of the molecule is COc1cc2c(cc1Nc1ccc(C)nn1)ncn2-c1ccc(C(F)F)c(-n2nc(OC(F)F)cc2N)n1. The molecule has 0 spiro atoms. The number of aromatic nitrogens is 7. The van der Waals surface area contributed by atoms with Crippen LogP contribution in [0.2, 0.25) is 0 Å². The van der Waals surface area contributed by atoms with Crippen molar-refractivity contribution in [1.82, 2.24) is 34.5 Å². The molecule has 196 valence electrons. The number of nitrogen functional groups attached to an aromatic ring is 1. The van der Waals surface area contributed by atoms with Gasteiger partial charge in [-0.3, -0.25) is 4.57 Å². The summed E-state index contributed by atoms with van der Waals surface area (Å²) in [4.78, 5) is 8.70. The number of imidazole rings is 1. The number of alkyl halides is 4. The minimum absolute atomic E-state index is 0.185. The Balaban J connectivity index is 1.58. The van der Waals surface area contributed by atoms with Gasteiger partial charge in [-0.2, -0.15) is 18.6 Å². The lowest BCUT2D eigenvalue weighted by molar-refractivity contribution is -0.0530. The van der Waals surface area contributed by atoms with E-state index in [0.29, 0.717) is 28.3 Å². The van der Waals surface area contributed by atoms with Crippen LogP contribution in [0.25, 0.3) is 22.7 Å². The van der Waals surface area contributed by atoms with Crippen molar-refractivity contribution in [3.63, 3.8) is 0 Å². The number of hydrogen-bond donors (Lipinski definition) is 2. The molecule has 0 aliphatic carbocycles. The topological polar surface area (TPSA) is 131 Å². The zero-order valence-electron chi connectivity index (χ0n) is 19.8. The Morgan fingerprint density at radius 2 is 1.84 bits per heavy atom. The molecular weight excluding hydrogens is 510 g/mol. The molecule has 38 heavy (non-hydrogen) atoms. The number of nitrogens with two attached hydrogens (primary N) is 1. The highest BCUT2D eigenvalue weighted by Gasteiger charge is 2.22. The second-order valence-corrected chi connectivity index (χ2v) is 7.92. The Morgan fingerprint density at radius 1 is 1.03 bits per heavy atom. The Morgan fingerprint density at radius 3 is 2.53 bits per heavy atom. The number of benzene rings is 1. The Bertz CT molecular complexity index is 1600. The van der Waals surface area contributed by atoms with Crippen molar-refractivity contribution < 1.29 is 27.0 Å². The van der Waals surface area contributed by atoms with Crippen molar-refractivity contribution in [2.75, 3.05) is 18.2 Å². The van der Waals surface area contributed by atoms with E-state index in [4.69, 9.17) is 10.5 Å². The summed E-state index contributed by atoms with van der Waals surface area (Å²) in [5.74, 6) is -0.000456. The zero-order valence-corrected chi connectivity index (χ0v) is 19.8. The van der Waals surface area contributed by atoms with Crippen molar-refractivity contribution in [1.29, 1.82) is 0 Å². The molecule has 0 fully saturated rings. The summed E-state index contributed by atoms with van der Waals surface area (Å²) in [6, 6.07) is 10.5. The number of rotatable bonds is 8. The molecule has 4 aromatic heterocycles. The molecule has 0 aliphatic rings. The number of fused-ring (bicyclic) bond motifs is 1. The number of methoxy groups -OCH3 is 1. The normalized spacial score (nSPS) is 11.5. The second-order valence-electron chi connectivity index (χ2n) is 7.92. The van der Waals surface area contributed by atoms with E-state index < -0.39 is 24.5 Å². The van der Waals surface area contributed by atoms with E-state index in [1.807, 2.05) is 6.92 Å². The molecule has 3 N–H and O–H groups in total. The number of halogens is 4. The summed E-state index contributed by atoms with van der Waals surface area (Å²) >= 11 is 0. The number of anilines is 3.